The molecule has 1 saturated heterocycles. The molecule has 0 aliphatic carbocycles. The molecule has 7 heteroatoms. The molecular weight excluding hydrogens is 340 g/mol. The number of likely N-dealkylation sites (N-methyl/N-ethyl adjacent to an activating group) is 1. The van der Waals surface area contributed by atoms with Crippen molar-refractivity contribution in [3.05, 3.63) is 64.6 Å². The number of phenols is 1. The summed E-state index contributed by atoms with van der Waals surface area (Å²) < 4.78 is 0. The molecule has 0 saturated carbocycles. The Kier molecular flexibility index (Phi) is 4.58. The highest BCUT2D eigenvalue weighted by Gasteiger charge is 2.30. The van der Waals surface area contributed by atoms with Gasteiger partial charge in [-0.1, -0.05) is 24.3 Å². The highest BCUT2D eigenvalue weighted by atomic mass is 32.2. The Hall–Kier alpha value is -3.06. The molecule has 1 heterocycles. The fraction of sp³-hybridized carbons (Fsp3) is 0.0556. The highest BCUT2D eigenvalue weighted by Crippen LogP contribution is 2.34. The van der Waals surface area contributed by atoms with Gasteiger partial charge in [0.05, 0.1) is 16.2 Å². The number of amides is 1. The van der Waals surface area contributed by atoms with Crippen molar-refractivity contribution in [3.8, 4) is 5.75 Å². The van der Waals surface area contributed by atoms with E-state index >= 15 is 0 Å². The quantitative estimate of drug-likeness (QED) is 0.825. The SMILES string of the molecule is CN1C(=O)/C(=C/c2ccccc2O)SC1=Nc1cccc(C(=O)O)c1. The summed E-state index contributed by atoms with van der Waals surface area (Å²) in [5, 5.41) is 19.3. The number of benzene rings is 2. The lowest BCUT2D eigenvalue weighted by Gasteiger charge is -2.07. The van der Waals surface area contributed by atoms with E-state index < -0.39 is 5.97 Å². The van der Waals surface area contributed by atoms with Gasteiger partial charge in [0, 0.05) is 12.6 Å². The molecule has 25 heavy (non-hydrogen) atoms. The van der Waals surface area contributed by atoms with Gasteiger partial charge in [-0.05, 0) is 42.1 Å². The van der Waals surface area contributed by atoms with Crippen LogP contribution in [0.1, 0.15) is 15.9 Å². The highest BCUT2D eigenvalue weighted by molar-refractivity contribution is 8.18. The van der Waals surface area contributed by atoms with Crippen LogP contribution < -0.4 is 0 Å². The predicted molar refractivity (Wildman–Crippen MR) is 96.9 cm³/mol. The van der Waals surface area contributed by atoms with E-state index in [-0.39, 0.29) is 17.2 Å². The van der Waals surface area contributed by atoms with Crippen molar-refractivity contribution >= 4 is 40.6 Å². The first kappa shape index (κ1) is 16.8. The molecule has 0 atom stereocenters. The molecule has 2 aromatic carbocycles. The summed E-state index contributed by atoms with van der Waals surface area (Å²) >= 11 is 1.17. The largest absolute Gasteiger partial charge is 0.507 e. The van der Waals surface area contributed by atoms with Gasteiger partial charge in [0.25, 0.3) is 5.91 Å². The molecule has 3 rings (SSSR count). The summed E-state index contributed by atoms with van der Waals surface area (Å²) in [7, 11) is 1.60. The number of aromatic hydroxyl groups is 1. The van der Waals surface area contributed by atoms with Crippen LogP contribution in [-0.2, 0) is 4.79 Å². The van der Waals surface area contributed by atoms with Gasteiger partial charge in [0.15, 0.2) is 5.17 Å². The smallest absolute Gasteiger partial charge is 0.335 e. The molecule has 126 valence electrons. The molecule has 0 unspecified atom stereocenters. The molecule has 1 fully saturated rings. The van der Waals surface area contributed by atoms with Crippen LogP contribution >= 0.6 is 11.8 Å². The van der Waals surface area contributed by atoms with Crippen molar-refractivity contribution in [2.24, 2.45) is 4.99 Å². The lowest BCUT2D eigenvalue weighted by molar-refractivity contribution is -0.121. The molecule has 0 aromatic heterocycles. The molecule has 2 N–H and O–H groups in total. The van der Waals surface area contributed by atoms with Crippen LogP contribution in [0.4, 0.5) is 5.69 Å². The third-order valence-corrected chi connectivity index (χ3v) is 4.60. The number of rotatable bonds is 3. The number of hydrogen-bond donors (Lipinski definition) is 2. The first-order valence-electron chi connectivity index (χ1n) is 7.33. The maximum atomic E-state index is 12.4. The molecule has 0 radical (unpaired) electrons. The first-order chi connectivity index (χ1) is 12.0. The second-order valence-corrected chi connectivity index (χ2v) is 6.29. The van der Waals surface area contributed by atoms with Gasteiger partial charge in [0.1, 0.15) is 5.75 Å². The monoisotopic (exact) mass is 354 g/mol. The number of carbonyl (C=O) groups is 2. The van der Waals surface area contributed by atoms with Gasteiger partial charge in [-0.2, -0.15) is 0 Å². The molecule has 1 aliphatic rings. The third-order valence-electron chi connectivity index (χ3n) is 3.54. The van der Waals surface area contributed by atoms with Crippen molar-refractivity contribution in [1.82, 2.24) is 4.90 Å². The zero-order valence-electron chi connectivity index (χ0n) is 13.2. The van der Waals surface area contributed by atoms with Crippen LogP contribution in [0.15, 0.2) is 58.4 Å². The topological polar surface area (TPSA) is 90.2 Å². The van der Waals surface area contributed by atoms with Crippen molar-refractivity contribution in [2.45, 2.75) is 0 Å². The summed E-state index contributed by atoms with van der Waals surface area (Å²) in [6.07, 6.45) is 1.61. The average Bonchev–Trinajstić information content (AvgIpc) is 2.85. The van der Waals surface area contributed by atoms with Gasteiger partial charge >= 0.3 is 5.97 Å². The Morgan fingerprint density at radius 2 is 1.96 bits per heavy atom. The van der Waals surface area contributed by atoms with E-state index in [1.54, 1.807) is 49.5 Å². The number of para-hydroxylation sites is 1. The number of aromatic carboxylic acids is 1. The number of thioether (sulfide) groups is 1. The Labute approximate surface area is 148 Å². The summed E-state index contributed by atoms with van der Waals surface area (Å²) in [5.41, 5.74) is 1.12. The van der Waals surface area contributed by atoms with Crippen LogP contribution in [0.3, 0.4) is 0 Å². The maximum absolute atomic E-state index is 12.4. The number of nitrogens with zero attached hydrogens (tertiary/aromatic N) is 2. The zero-order valence-corrected chi connectivity index (χ0v) is 14.0. The zero-order chi connectivity index (χ0) is 18.0. The number of amidine groups is 1. The summed E-state index contributed by atoms with van der Waals surface area (Å²) in [5.74, 6) is -1.18. The first-order valence-corrected chi connectivity index (χ1v) is 8.15. The number of carboxylic acids is 1. The minimum atomic E-state index is -1.04. The van der Waals surface area contributed by atoms with E-state index in [1.165, 1.54) is 28.8 Å². The molecule has 0 spiro atoms. The number of aliphatic imine (C=N–C) groups is 1. The molecule has 1 aliphatic heterocycles. The fourth-order valence-corrected chi connectivity index (χ4v) is 3.20. The van der Waals surface area contributed by atoms with E-state index in [9.17, 15) is 14.7 Å². The van der Waals surface area contributed by atoms with Crippen LogP contribution in [0.2, 0.25) is 0 Å². The Morgan fingerprint density at radius 1 is 1.20 bits per heavy atom. The van der Waals surface area contributed by atoms with Crippen molar-refractivity contribution in [2.75, 3.05) is 7.05 Å². The van der Waals surface area contributed by atoms with E-state index in [4.69, 9.17) is 5.11 Å². The molecular formula is C18H14N2O4S. The Morgan fingerprint density at radius 3 is 2.68 bits per heavy atom. The van der Waals surface area contributed by atoms with Crippen LogP contribution in [0.25, 0.3) is 6.08 Å². The second kappa shape index (κ2) is 6.82. The van der Waals surface area contributed by atoms with Gasteiger partial charge < -0.3 is 10.2 Å². The minimum Gasteiger partial charge on any atom is -0.507 e. The second-order valence-electron chi connectivity index (χ2n) is 5.28. The van der Waals surface area contributed by atoms with E-state index in [0.717, 1.165) is 0 Å². The molecule has 2 aromatic rings. The molecule has 1 amide bonds. The fourth-order valence-electron chi connectivity index (χ4n) is 2.22. The summed E-state index contributed by atoms with van der Waals surface area (Å²) in [4.78, 5) is 29.6. The van der Waals surface area contributed by atoms with Crippen molar-refractivity contribution in [3.63, 3.8) is 0 Å². The number of hydrogen-bond acceptors (Lipinski definition) is 5. The summed E-state index contributed by atoms with van der Waals surface area (Å²) in [6.45, 7) is 0. The van der Waals surface area contributed by atoms with Crippen LogP contribution in [0, 0.1) is 0 Å². The van der Waals surface area contributed by atoms with Gasteiger partial charge in [-0.3, -0.25) is 9.69 Å². The maximum Gasteiger partial charge on any atom is 0.335 e. The predicted octanol–water partition coefficient (Wildman–Crippen LogP) is 3.32. The number of phenolic OH excluding ortho intramolecular Hbond substituents is 1. The standard InChI is InChI=1S/C18H14N2O4S/c1-20-16(22)15(10-11-5-2-3-8-14(11)21)25-18(20)19-13-7-4-6-12(9-13)17(23)24/h2-10,21H,1H3,(H,23,24)/b15-10-,19-18?. The number of carboxylic acid groups (broad SMARTS) is 1. The third kappa shape index (κ3) is 3.56. The molecule has 6 nitrogen and oxygen atoms in total. The van der Waals surface area contributed by atoms with Crippen LogP contribution in [0.5, 0.6) is 5.75 Å². The normalized spacial score (nSPS) is 17.5. The van der Waals surface area contributed by atoms with Gasteiger partial charge in [0.2, 0.25) is 0 Å². The van der Waals surface area contributed by atoms with Gasteiger partial charge in [-0.15, -0.1) is 0 Å². The summed E-state index contributed by atoms with van der Waals surface area (Å²) in [6, 6.07) is 12.9. The Balaban J connectivity index is 1.92. The van der Waals surface area contributed by atoms with Crippen molar-refractivity contribution in [1.29, 1.82) is 0 Å². The minimum absolute atomic E-state index is 0.0885. The number of carbonyl (C=O) groups excluding carboxylic acids is 1. The molecule has 0 bridgehead atoms. The van der Waals surface area contributed by atoms with Crippen LogP contribution in [-0.4, -0.2) is 39.2 Å². The van der Waals surface area contributed by atoms with Crippen molar-refractivity contribution < 1.29 is 19.8 Å². The van der Waals surface area contributed by atoms with E-state index in [2.05, 4.69) is 4.99 Å². The van der Waals surface area contributed by atoms with Gasteiger partial charge in [-0.25, -0.2) is 9.79 Å². The lowest BCUT2D eigenvalue weighted by Crippen LogP contribution is -2.23. The average molecular weight is 354 g/mol. The Bertz CT molecular complexity index is 921. The van der Waals surface area contributed by atoms with E-state index in [1.807, 2.05) is 0 Å². The van der Waals surface area contributed by atoms with E-state index in [0.29, 0.717) is 21.3 Å². The lowest BCUT2D eigenvalue weighted by atomic mass is 10.2.